The molecule has 0 radical (unpaired) electrons. The minimum Gasteiger partial charge on any atom is -0.464 e. The van der Waals surface area contributed by atoms with Gasteiger partial charge in [-0.25, -0.2) is 9.59 Å². The quantitative estimate of drug-likeness (QED) is 0.486. The number of unbranched alkanes of at least 4 members (excludes halogenated alkanes) is 3. The molecule has 1 amide bonds. The fraction of sp³-hybridized carbons (Fsp3) is 0.579. The maximum atomic E-state index is 12.1. The number of carbonyl (C=O) groups excluding carboxylic acids is 2. The van der Waals surface area contributed by atoms with Crippen molar-refractivity contribution in [3.8, 4) is 0 Å². The molecule has 0 aliphatic heterocycles. The molecule has 0 aliphatic carbocycles. The van der Waals surface area contributed by atoms with Crippen LogP contribution in [0.25, 0.3) is 0 Å². The van der Waals surface area contributed by atoms with Crippen LogP contribution in [0.15, 0.2) is 30.3 Å². The lowest BCUT2D eigenvalue weighted by Crippen LogP contribution is -2.42. The molecule has 5 nitrogen and oxygen atoms in total. The summed E-state index contributed by atoms with van der Waals surface area (Å²) in [4.78, 5) is 24.0. The van der Waals surface area contributed by atoms with Gasteiger partial charge >= 0.3 is 12.1 Å². The van der Waals surface area contributed by atoms with Gasteiger partial charge in [0.15, 0.2) is 0 Å². The van der Waals surface area contributed by atoms with E-state index in [2.05, 4.69) is 12.2 Å². The molecule has 134 valence electrons. The second-order valence-electron chi connectivity index (χ2n) is 5.78. The Kier molecular flexibility index (Phi) is 10.3. The summed E-state index contributed by atoms with van der Waals surface area (Å²) in [5.41, 5.74) is 0.901. The molecular formula is C19H29NO4. The first kappa shape index (κ1) is 20.0. The zero-order chi connectivity index (χ0) is 17.6. The third-order valence-electron chi connectivity index (χ3n) is 3.61. The summed E-state index contributed by atoms with van der Waals surface area (Å²) in [6, 6.07) is 8.77. The predicted octanol–water partition coefficient (Wildman–Crippen LogP) is 4.21. The number of benzene rings is 1. The Morgan fingerprint density at radius 3 is 2.42 bits per heavy atom. The molecule has 0 heterocycles. The summed E-state index contributed by atoms with van der Waals surface area (Å²) >= 11 is 0. The third kappa shape index (κ3) is 8.56. The number of hydrogen-bond donors (Lipinski definition) is 1. The smallest absolute Gasteiger partial charge is 0.408 e. The molecule has 24 heavy (non-hydrogen) atoms. The van der Waals surface area contributed by atoms with Crippen LogP contribution in [0.3, 0.4) is 0 Å². The Balaban J connectivity index is 2.34. The van der Waals surface area contributed by atoms with E-state index in [1.807, 2.05) is 37.3 Å². The van der Waals surface area contributed by atoms with Crippen molar-refractivity contribution in [1.29, 1.82) is 0 Å². The Bertz CT molecular complexity index is 476. The molecule has 0 fully saturated rings. The van der Waals surface area contributed by atoms with Gasteiger partial charge in [-0.05, 0) is 18.4 Å². The maximum Gasteiger partial charge on any atom is 0.408 e. The summed E-state index contributed by atoms with van der Waals surface area (Å²) in [6.07, 6.45) is 4.90. The summed E-state index contributed by atoms with van der Waals surface area (Å²) in [7, 11) is 0. The van der Waals surface area contributed by atoms with Crippen molar-refractivity contribution in [2.75, 3.05) is 6.61 Å². The van der Waals surface area contributed by atoms with Gasteiger partial charge in [0.2, 0.25) is 0 Å². The first-order valence-corrected chi connectivity index (χ1v) is 8.81. The molecule has 0 spiro atoms. The first-order valence-electron chi connectivity index (χ1n) is 8.81. The highest BCUT2D eigenvalue weighted by Crippen LogP contribution is 2.05. The Hall–Kier alpha value is -2.04. The van der Waals surface area contributed by atoms with Crippen molar-refractivity contribution in [2.24, 2.45) is 0 Å². The normalized spacial score (nSPS) is 11.6. The van der Waals surface area contributed by atoms with Gasteiger partial charge in [-0.2, -0.15) is 0 Å². The van der Waals surface area contributed by atoms with Crippen molar-refractivity contribution in [2.45, 2.75) is 65.0 Å². The summed E-state index contributed by atoms with van der Waals surface area (Å²) in [6.45, 7) is 4.67. The number of esters is 1. The molecule has 0 aromatic heterocycles. The third-order valence-corrected chi connectivity index (χ3v) is 3.61. The van der Waals surface area contributed by atoms with Crippen molar-refractivity contribution in [3.63, 3.8) is 0 Å². The highest BCUT2D eigenvalue weighted by molar-refractivity contribution is 5.81. The molecular weight excluding hydrogens is 306 g/mol. The van der Waals surface area contributed by atoms with Crippen LogP contribution in [-0.4, -0.2) is 24.7 Å². The molecule has 1 aromatic rings. The minimum absolute atomic E-state index is 0.178. The molecule has 0 saturated carbocycles. The lowest BCUT2D eigenvalue weighted by Gasteiger charge is -2.17. The van der Waals surface area contributed by atoms with E-state index in [-0.39, 0.29) is 12.6 Å². The van der Waals surface area contributed by atoms with Crippen LogP contribution >= 0.6 is 0 Å². The van der Waals surface area contributed by atoms with Gasteiger partial charge in [-0.1, -0.05) is 69.9 Å². The maximum absolute atomic E-state index is 12.1. The Labute approximate surface area is 144 Å². The number of nitrogens with one attached hydrogen (secondary N) is 1. The molecule has 5 heteroatoms. The Morgan fingerprint density at radius 1 is 1.00 bits per heavy atom. The van der Waals surface area contributed by atoms with Crippen molar-refractivity contribution in [1.82, 2.24) is 5.32 Å². The van der Waals surface area contributed by atoms with E-state index in [9.17, 15) is 9.59 Å². The van der Waals surface area contributed by atoms with Gasteiger partial charge in [0, 0.05) is 0 Å². The first-order chi connectivity index (χ1) is 11.7. The number of ether oxygens (including phenoxy) is 2. The molecule has 1 rings (SSSR count). The van der Waals surface area contributed by atoms with Crippen LogP contribution < -0.4 is 5.32 Å². The van der Waals surface area contributed by atoms with Crippen LogP contribution in [0.4, 0.5) is 4.79 Å². The second kappa shape index (κ2) is 12.4. The Morgan fingerprint density at radius 2 is 1.75 bits per heavy atom. The number of alkyl carbamates (subject to hydrolysis) is 1. The lowest BCUT2D eigenvalue weighted by atomic mass is 10.1. The predicted molar refractivity (Wildman–Crippen MR) is 93.6 cm³/mol. The minimum atomic E-state index is -0.649. The molecule has 1 unspecified atom stereocenters. The fourth-order valence-electron chi connectivity index (χ4n) is 2.25. The van der Waals surface area contributed by atoms with E-state index < -0.39 is 12.1 Å². The highest BCUT2D eigenvalue weighted by atomic mass is 16.6. The van der Waals surface area contributed by atoms with Crippen molar-refractivity contribution >= 4 is 12.1 Å². The zero-order valence-corrected chi connectivity index (χ0v) is 14.8. The average Bonchev–Trinajstić information content (AvgIpc) is 2.60. The molecule has 0 saturated heterocycles. The van der Waals surface area contributed by atoms with Gasteiger partial charge in [0.25, 0.3) is 0 Å². The van der Waals surface area contributed by atoms with Crippen LogP contribution in [0.1, 0.15) is 57.9 Å². The van der Waals surface area contributed by atoms with Gasteiger partial charge in [-0.3, -0.25) is 0 Å². The molecule has 1 aromatic carbocycles. The topological polar surface area (TPSA) is 64.6 Å². The molecule has 0 aliphatic rings. The van der Waals surface area contributed by atoms with Gasteiger partial charge in [-0.15, -0.1) is 0 Å². The largest absolute Gasteiger partial charge is 0.464 e. The molecule has 0 bridgehead atoms. The van der Waals surface area contributed by atoms with E-state index in [0.717, 1.165) is 37.7 Å². The van der Waals surface area contributed by atoms with Crippen molar-refractivity contribution in [3.05, 3.63) is 35.9 Å². The van der Waals surface area contributed by atoms with E-state index in [0.29, 0.717) is 13.0 Å². The lowest BCUT2D eigenvalue weighted by molar-refractivity contribution is -0.146. The van der Waals surface area contributed by atoms with Crippen molar-refractivity contribution < 1.29 is 19.1 Å². The molecule has 1 atom stereocenters. The fourth-order valence-corrected chi connectivity index (χ4v) is 2.25. The van der Waals surface area contributed by atoms with Gasteiger partial charge in [0.1, 0.15) is 12.6 Å². The van der Waals surface area contributed by atoms with E-state index >= 15 is 0 Å². The zero-order valence-electron chi connectivity index (χ0n) is 14.8. The van der Waals surface area contributed by atoms with Crippen LogP contribution in [0.2, 0.25) is 0 Å². The summed E-state index contributed by atoms with van der Waals surface area (Å²) in [5, 5.41) is 2.60. The average molecular weight is 335 g/mol. The van der Waals surface area contributed by atoms with E-state index in [4.69, 9.17) is 9.47 Å². The van der Waals surface area contributed by atoms with Crippen LogP contribution in [0, 0.1) is 0 Å². The van der Waals surface area contributed by atoms with E-state index in [1.165, 1.54) is 0 Å². The number of rotatable bonds is 11. The number of hydrogen-bond acceptors (Lipinski definition) is 4. The van der Waals surface area contributed by atoms with E-state index in [1.54, 1.807) is 0 Å². The van der Waals surface area contributed by atoms with Crippen LogP contribution in [-0.2, 0) is 20.9 Å². The SMILES string of the molecule is CCCCCCOC(=O)C(CCC)NC(=O)OCc1ccccc1. The van der Waals surface area contributed by atoms with Crippen LogP contribution in [0.5, 0.6) is 0 Å². The molecule has 1 N–H and O–H groups in total. The summed E-state index contributed by atoms with van der Waals surface area (Å²) in [5.74, 6) is -0.384. The van der Waals surface area contributed by atoms with Gasteiger partial charge in [0.05, 0.1) is 6.61 Å². The second-order valence-corrected chi connectivity index (χ2v) is 5.78. The number of carbonyl (C=O) groups is 2. The monoisotopic (exact) mass is 335 g/mol. The van der Waals surface area contributed by atoms with Gasteiger partial charge < -0.3 is 14.8 Å². The number of amides is 1. The standard InChI is InChI=1S/C19H29NO4/c1-3-5-6-10-14-23-18(21)17(11-4-2)20-19(22)24-15-16-12-8-7-9-13-16/h7-9,12-13,17H,3-6,10-11,14-15H2,1-2H3,(H,20,22). The summed E-state index contributed by atoms with van der Waals surface area (Å²) < 4.78 is 10.4. The highest BCUT2D eigenvalue weighted by Gasteiger charge is 2.22.